The Balaban J connectivity index is 1.32. The lowest BCUT2D eigenvalue weighted by Gasteiger charge is -2.34. The molecule has 3 aromatic carbocycles. The van der Waals surface area contributed by atoms with Gasteiger partial charge in [-0.1, -0.05) is 42.5 Å². The van der Waals surface area contributed by atoms with E-state index in [4.69, 9.17) is 4.74 Å². The molecular weight excluding hydrogens is 542 g/mol. The van der Waals surface area contributed by atoms with E-state index in [-0.39, 0.29) is 28.9 Å². The molecule has 0 radical (unpaired) electrons. The number of rotatable bonds is 8. The third-order valence-electron chi connectivity index (χ3n) is 5.78. The fraction of sp³-hybridized carbons (Fsp3) is 0.115. The van der Waals surface area contributed by atoms with E-state index in [1.54, 1.807) is 60.7 Å². The number of amides is 1. The maximum absolute atomic E-state index is 13.4. The van der Waals surface area contributed by atoms with E-state index in [1.165, 1.54) is 41.0 Å². The van der Waals surface area contributed by atoms with Crippen molar-refractivity contribution in [3.63, 3.8) is 0 Å². The van der Waals surface area contributed by atoms with Crippen LogP contribution in [0, 0.1) is 0 Å². The molecule has 0 spiro atoms. The van der Waals surface area contributed by atoms with Crippen LogP contribution in [-0.4, -0.2) is 45.4 Å². The predicted molar refractivity (Wildman–Crippen MR) is 145 cm³/mol. The van der Waals surface area contributed by atoms with Crippen LogP contribution < -0.4 is 19.1 Å². The minimum atomic E-state index is -3.95. The quantitative estimate of drug-likeness (QED) is 0.331. The van der Waals surface area contributed by atoms with Crippen molar-refractivity contribution in [1.82, 2.24) is 9.97 Å². The predicted octanol–water partition coefficient (Wildman–Crippen LogP) is 3.01. The van der Waals surface area contributed by atoms with E-state index in [9.17, 15) is 21.6 Å². The molecule has 200 valence electrons. The highest BCUT2D eigenvalue weighted by atomic mass is 32.2. The van der Waals surface area contributed by atoms with Gasteiger partial charge in [-0.25, -0.2) is 31.5 Å². The van der Waals surface area contributed by atoms with Crippen LogP contribution in [0.4, 0.5) is 17.3 Å². The summed E-state index contributed by atoms with van der Waals surface area (Å²) in [7, 11) is -7.80. The number of carbonyl (C=O) groups is 1. The Kier molecular flexibility index (Phi) is 7.17. The molecule has 11 nitrogen and oxygen atoms in total. The number of aromatic nitrogens is 2. The zero-order valence-corrected chi connectivity index (χ0v) is 22.0. The molecule has 5 rings (SSSR count). The topological polar surface area (TPSA) is 148 Å². The fourth-order valence-corrected chi connectivity index (χ4v) is 6.48. The van der Waals surface area contributed by atoms with Gasteiger partial charge < -0.3 is 10.1 Å². The van der Waals surface area contributed by atoms with Crippen molar-refractivity contribution in [3.05, 3.63) is 103 Å². The number of hydrogen-bond acceptors (Lipinski definition) is 8. The Morgan fingerprint density at radius 1 is 0.872 bits per heavy atom. The highest BCUT2D eigenvalue weighted by Crippen LogP contribution is 2.36. The van der Waals surface area contributed by atoms with Crippen molar-refractivity contribution in [2.75, 3.05) is 20.9 Å². The largest absolute Gasteiger partial charge is 0.476 e. The number of sulfonamides is 2. The minimum Gasteiger partial charge on any atom is -0.476 e. The van der Waals surface area contributed by atoms with Gasteiger partial charge in [0.1, 0.15) is 5.75 Å². The Morgan fingerprint density at radius 3 is 2.26 bits per heavy atom. The lowest BCUT2D eigenvalue weighted by Crippen LogP contribution is -2.49. The van der Waals surface area contributed by atoms with E-state index >= 15 is 0 Å². The molecule has 39 heavy (non-hydrogen) atoms. The summed E-state index contributed by atoms with van der Waals surface area (Å²) in [6, 6.07) is 22.4. The van der Waals surface area contributed by atoms with Gasteiger partial charge in [-0.2, -0.15) is 0 Å². The second-order valence-electron chi connectivity index (χ2n) is 8.54. The molecule has 0 fully saturated rings. The molecule has 2 heterocycles. The van der Waals surface area contributed by atoms with Crippen LogP contribution >= 0.6 is 0 Å². The summed E-state index contributed by atoms with van der Waals surface area (Å²) < 4.78 is 61.3. The molecular formula is C26H23N5O6S2. The first kappa shape index (κ1) is 26.1. The summed E-state index contributed by atoms with van der Waals surface area (Å²) in [6.45, 7) is -0.231. The Bertz CT molecular complexity index is 1680. The van der Waals surface area contributed by atoms with Crippen LogP contribution in [0.5, 0.6) is 5.75 Å². The first-order valence-electron chi connectivity index (χ1n) is 11.7. The number of nitrogens with zero attached hydrogens (tertiary/aromatic N) is 3. The first-order chi connectivity index (χ1) is 18.7. The monoisotopic (exact) mass is 565 g/mol. The molecule has 0 unspecified atom stereocenters. The average molecular weight is 566 g/mol. The fourth-order valence-electron chi connectivity index (χ4n) is 3.94. The summed E-state index contributed by atoms with van der Waals surface area (Å²) in [5.74, 6) is -0.641. The molecule has 1 amide bonds. The lowest BCUT2D eigenvalue weighted by atomic mass is 10.2. The molecule has 1 atom stereocenters. The van der Waals surface area contributed by atoms with E-state index < -0.39 is 32.1 Å². The zero-order valence-electron chi connectivity index (χ0n) is 20.3. The van der Waals surface area contributed by atoms with Crippen molar-refractivity contribution >= 4 is 43.3 Å². The molecule has 4 aromatic rings. The van der Waals surface area contributed by atoms with Crippen LogP contribution in [-0.2, 0) is 30.6 Å². The third kappa shape index (κ3) is 5.99. The highest BCUT2D eigenvalue weighted by Gasteiger charge is 2.36. The number of nitrogens with one attached hydrogen (secondary N) is 2. The van der Waals surface area contributed by atoms with Crippen LogP contribution in [0.15, 0.2) is 102 Å². The van der Waals surface area contributed by atoms with Crippen molar-refractivity contribution < 1.29 is 26.4 Å². The normalized spacial score (nSPS) is 15.1. The van der Waals surface area contributed by atoms with Crippen LogP contribution in [0.2, 0.25) is 0 Å². The van der Waals surface area contributed by atoms with Crippen LogP contribution in [0.25, 0.3) is 0 Å². The van der Waals surface area contributed by atoms with Crippen LogP contribution in [0.1, 0.15) is 5.56 Å². The summed E-state index contributed by atoms with van der Waals surface area (Å²) in [6.07, 6.45) is 1.66. The summed E-state index contributed by atoms with van der Waals surface area (Å²) >= 11 is 0. The molecule has 0 aliphatic carbocycles. The molecule has 1 aliphatic heterocycles. The van der Waals surface area contributed by atoms with E-state index in [0.29, 0.717) is 16.9 Å². The van der Waals surface area contributed by atoms with Gasteiger partial charge in [0, 0.05) is 18.1 Å². The summed E-state index contributed by atoms with van der Waals surface area (Å²) in [4.78, 5) is 20.7. The van der Waals surface area contributed by atoms with Crippen molar-refractivity contribution in [2.45, 2.75) is 16.8 Å². The van der Waals surface area contributed by atoms with Gasteiger partial charge in [-0.3, -0.25) is 9.10 Å². The summed E-state index contributed by atoms with van der Waals surface area (Å²) in [5, 5.41) is 2.67. The minimum absolute atomic E-state index is 0.0611. The van der Waals surface area contributed by atoms with Gasteiger partial charge in [0.15, 0.2) is 6.10 Å². The number of hydrogen-bond donors (Lipinski definition) is 2. The Labute approximate surface area is 225 Å². The van der Waals surface area contributed by atoms with E-state index in [0.717, 1.165) is 0 Å². The highest BCUT2D eigenvalue weighted by molar-refractivity contribution is 7.92. The van der Waals surface area contributed by atoms with Gasteiger partial charge in [0.25, 0.3) is 15.9 Å². The van der Waals surface area contributed by atoms with Gasteiger partial charge >= 0.3 is 0 Å². The van der Waals surface area contributed by atoms with Gasteiger partial charge in [0.2, 0.25) is 16.0 Å². The number of fused-ring (bicyclic) bond motifs is 1. The molecule has 0 bridgehead atoms. The van der Waals surface area contributed by atoms with Gasteiger partial charge in [-0.05, 0) is 48.0 Å². The molecule has 13 heteroatoms. The Hall–Kier alpha value is -4.49. The number of benzene rings is 3. The standard InChI is InChI=1S/C26H23N5O6S2/c32-25(29-20-11-13-21(14-12-20)39(35,36)30-26-27-15-6-16-28-26)24-17-31(22-9-4-5-10-23(22)37-24)38(33,34)18-19-7-2-1-3-8-19/h1-16,24H,17-18H2,(H,29,32)(H,27,28,30)/t24-/m0/s1. The average Bonchev–Trinajstić information content (AvgIpc) is 2.93. The first-order valence-corrected chi connectivity index (χ1v) is 14.8. The number of ether oxygens (including phenoxy) is 1. The maximum atomic E-state index is 13.4. The maximum Gasteiger partial charge on any atom is 0.267 e. The van der Waals surface area contributed by atoms with Gasteiger partial charge in [-0.15, -0.1) is 0 Å². The molecule has 0 saturated heterocycles. The smallest absolute Gasteiger partial charge is 0.267 e. The Morgan fingerprint density at radius 2 is 1.54 bits per heavy atom. The summed E-state index contributed by atoms with van der Waals surface area (Å²) in [5.41, 5.74) is 1.27. The SMILES string of the molecule is O=C(Nc1ccc(S(=O)(=O)Nc2ncccn2)cc1)[C@@H]1CN(S(=O)(=O)Cc2ccccc2)c2ccccc2O1. The van der Waals surface area contributed by atoms with Crippen molar-refractivity contribution in [3.8, 4) is 5.75 Å². The van der Waals surface area contributed by atoms with Crippen molar-refractivity contribution in [2.24, 2.45) is 0 Å². The second kappa shape index (κ2) is 10.7. The van der Waals surface area contributed by atoms with Crippen LogP contribution in [0.3, 0.4) is 0 Å². The third-order valence-corrected chi connectivity index (χ3v) is 8.84. The molecule has 1 aliphatic rings. The van der Waals surface area contributed by atoms with Gasteiger partial charge in [0.05, 0.1) is 22.9 Å². The number of anilines is 3. The lowest BCUT2D eigenvalue weighted by molar-refractivity contribution is -0.122. The molecule has 2 N–H and O–H groups in total. The molecule has 1 aromatic heterocycles. The van der Waals surface area contributed by atoms with Crippen molar-refractivity contribution in [1.29, 1.82) is 0 Å². The second-order valence-corrected chi connectivity index (χ2v) is 12.1. The van der Waals surface area contributed by atoms with E-state index in [1.807, 2.05) is 0 Å². The molecule has 0 saturated carbocycles. The zero-order chi connectivity index (χ0) is 27.5. The number of para-hydroxylation sites is 2. The van der Waals surface area contributed by atoms with E-state index in [2.05, 4.69) is 20.0 Å². The number of carbonyl (C=O) groups excluding carboxylic acids is 1.